The minimum atomic E-state index is -0.833. The van der Waals surface area contributed by atoms with Crippen molar-refractivity contribution >= 4 is 11.9 Å². The third kappa shape index (κ3) is 14.1. The normalized spacial score (nSPS) is 7.90. The van der Waals surface area contributed by atoms with Gasteiger partial charge in [-0.1, -0.05) is 12.1 Å². The van der Waals surface area contributed by atoms with Crippen LogP contribution in [0.3, 0.4) is 0 Å². The molecule has 0 saturated heterocycles. The number of carbonyl (C=O) groups is 2. The van der Waals surface area contributed by atoms with Crippen molar-refractivity contribution in [2.45, 2.75) is 13.8 Å². The van der Waals surface area contributed by atoms with Gasteiger partial charge in [0.2, 0.25) is 0 Å². The number of aromatic nitrogens is 2. The van der Waals surface area contributed by atoms with Gasteiger partial charge in [-0.25, -0.2) is 0 Å². The van der Waals surface area contributed by atoms with Crippen molar-refractivity contribution < 1.29 is 40.2 Å². The van der Waals surface area contributed by atoms with Gasteiger partial charge in [0.05, 0.1) is 11.4 Å². The Hall–Kier alpha value is -2.10. The molecule has 0 radical (unpaired) electrons. The van der Waals surface area contributed by atoms with Gasteiger partial charge in [0, 0.05) is 46.7 Å². The maximum Gasteiger partial charge on any atom is 0.300 e. The van der Waals surface area contributed by atoms with Gasteiger partial charge in [-0.05, 0) is 24.3 Å². The van der Waals surface area contributed by atoms with Crippen LogP contribution in [0.15, 0.2) is 48.8 Å². The van der Waals surface area contributed by atoms with Crippen LogP contribution in [-0.4, -0.2) is 32.1 Å². The molecular formula is C14H16N2O4Pd. The molecule has 7 heteroatoms. The molecule has 2 rings (SSSR count). The fourth-order valence-corrected chi connectivity index (χ4v) is 1.03. The molecule has 0 aliphatic heterocycles. The van der Waals surface area contributed by atoms with Crippen LogP contribution in [0.1, 0.15) is 13.8 Å². The Morgan fingerprint density at radius 1 is 0.810 bits per heavy atom. The van der Waals surface area contributed by atoms with Crippen molar-refractivity contribution in [1.82, 2.24) is 9.97 Å². The van der Waals surface area contributed by atoms with E-state index in [4.69, 9.17) is 19.8 Å². The summed E-state index contributed by atoms with van der Waals surface area (Å²) in [7, 11) is 0. The van der Waals surface area contributed by atoms with E-state index in [1.807, 2.05) is 36.4 Å². The van der Waals surface area contributed by atoms with Crippen molar-refractivity contribution in [2.24, 2.45) is 0 Å². The van der Waals surface area contributed by atoms with Crippen LogP contribution >= 0.6 is 0 Å². The number of nitrogens with zero attached hydrogens (tertiary/aromatic N) is 2. The van der Waals surface area contributed by atoms with Crippen molar-refractivity contribution in [3.05, 3.63) is 48.8 Å². The van der Waals surface area contributed by atoms with Gasteiger partial charge < -0.3 is 10.2 Å². The van der Waals surface area contributed by atoms with E-state index in [1.54, 1.807) is 12.4 Å². The molecule has 0 unspecified atom stereocenters. The molecule has 0 saturated carbocycles. The molecule has 2 aromatic heterocycles. The van der Waals surface area contributed by atoms with E-state index in [9.17, 15) is 0 Å². The number of pyridine rings is 2. The average molecular weight is 383 g/mol. The number of hydrogen-bond donors (Lipinski definition) is 2. The van der Waals surface area contributed by atoms with Gasteiger partial charge in [-0.15, -0.1) is 0 Å². The second-order valence-electron chi connectivity index (χ2n) is 3.47. The Morgan fingerprint density at radius 2 is 1.10 bits per heavy atom. The molecule has 2 aromatic rings. The maximum absolute atomic E-state index is 9.00. The Morgan fingerprint density at radius 3 is 1.29 bits per heavy atom. The average Bonchev–Trinajstić information content (AvgIpc) is 2.39. The monoisotopic (exact) mass is 382 g/mol. The van der Waals surface area contributed by atoms with Crippen LogP contribution in [0, 0.1) is 0 Å². The van der Waals surface area contributed by atoms with E-state index >= 15 is 0 Å². The zero-order valence-corrected chi connectivity index (χ0v) is 13.1. The topological polar surface area (TPSA) is 100 Å². The summed E-state index contributed by atoms with van der Waals surface area (Å²) in [5.41, 5.74) is 1.83. The Kier molecular flexibility index (Phi) is 13.0. The molecule has 0 aliphatic carbocycles. The van der Waals surface area contributed by atoms with Crippen molar-refractivity contribution in [2.75, 3.05) is 0 Å². The molecule has 116 valence electrons. The first-order chi connectivity index (χ1) is 9.43. The minimum Gasteiger partial charge on any atom is -0.481 e. The summed E-state index contributed by atoms with van der Waals surface area (Å²) >= 11 is 0. The van der Waals surface area contributed by atoms with Crippen LogP contribution < -0.4 is 0 Å². The first kappa shape index (κ1) is 21.2. The summed E-state index contributed by atoms with van der Waals surface area (Å²) in [5.74, 6) is -1.67. The standard InChI is InChI=1S/C10H8N2.2C2H4O2.Pd/c1-3-7-11-9(5-1)10-6-2-4-8-12-10;2*1-2(3)4;/h1-8H;2*1H3,(H,3,4);. The Bertz CT molecular complexity index is 464. The third-order valence-electron chi connectivity index (χ3n) is 1.59. The summed E-state index contributed by atoms with van der Waals surface area (Å²) in [6, 6.07) is 11.6. The summed E-state index contributed by atoms with van der Waals surface area (Å²) < 4.78 is 0. The first-order valence-electron chi connectivity index (χ1n) is 5.65. The smallest absolute Gasteiger partial charge is 0.300 e. The third-order valence-corrected chi connectivity index (χ3v) is 1.59. The molecule has 0 aromatic carbocycles. The summed E-state index contributed by atoms with van der Waals surface area (Å²) in [6.45, 7) is 2.17. The number of rotatable bonds is 1. The Balaban J connectivity index is 0. The van der Waals surface area contributed by atoms with Gasteiger partial charge in [0.1, 0.15) is 0 Å². The molecular weight excluding hydrogens is 367 g/mol. The molecule has 0 spiro atoms. The summed E-state index contributed by atoms with van der Waals surface area (Å²) in [5, 5.41) is 14.8. The van der Waals surface area contributed by atoms with E-state index in [0.717, 1.165) is 25.2 Å². The molecule has 0 amide bonds. The predicted octanol–water partition coefficient (Wildman–Crippen LogP) is 2.32. The van der Waals surface area contributed by atoms with Crippen molar-refractivity contribution in [1.29, 1.82) is 0 Å². The molecule has 6 nitrogen and oxygen atoms in total. The zero-order valence-electron chi connectivity index (χ0n) is 11.5. The molecule has 0 bridgehead atoms. The number of hydrogen-bond acceptors (Lipinski definition) is 4. The number of aliphatic carboxylic acids is 2. The van der Waals surface area contributed by atoms with Crippen LogP contribution in [-0.2, 0) is 30.0 Å². The van der Waals surface area contributed by atoms with Gasteiger partial charge in [-0.3, -0.25) is 19.6 Å². The molecule has 0 fully saturated rings. The number of carboxylic acids is 2. The second kappa shape index (κ2) is 12.9. The van der Waals surface area contributed by atoms with Gasteiger partial charge >= 0.3 is 0 Å². The predicted molar refractivity (Wildman–Crippen MR) is 74.1 cm³/mol. The van der Waals surface area contributed by atoms with Gasteiger partial charge in [0.15, 0.2) is 0 Å². The van der Waals surface area contributed by atoms with Crippen LogP contribution in [0.2, 0.25) is 0 Å². The fourth-order valence-electron chi connectivity index (χ4n) is 1.03. The van der Waals surface area contributed by atoms with Crippen LogP contribution in [0.4, 0.5) is 0 Å². The van der Waals surface area contributed by atoms with Crippen LogP contribution in [0.25, 0.3) is 11.4 Å². The SMILES string of the molecule is CC(=O)O.CC(=O)O.[Pd].c1ccc(-c2ccccn2)nc1. The van der Waals surface area contributed by atoms with E-state index < -0.39 is 11.9 Å². The summed E-state index contributed by atoms with van der Waals surface area (Å²) in [6.07, 6.45) is 3.54. The molecule has 21 heavy (non-hydrogen) atoms. The second-order valence-corrected chi connectivity index (χ2v) is 3.47. The van der Waals surface area contributed by atoms with E-state index in [2.05, 4.69) is 9.97 Å². The molecule has 2 heterocycles. The van der Waals surface area contributed by atoms with E-state index in [-0.39, 0.29) is 20.4 Å². The maximum atomic E-state index is 9.00. The first-order valence-corrected chi connectivity index (χ1v) is 5.65. The minimum absolute atomic E-state index is 0. The van der Waals surface area contributed by atoms with Crippen molar-refractivity contribution in [3.8, 4) is 11.4 Å². The quantitative estimate of drug-likeness (QED) is 0.734. The molecule has 0 aliphatic rings. The molecule has 2 N–H and O–H groups in total. The largest absolute Gasteiger partial charge is 0.481 e. The van der Waals surface area contributed by atoms with E-state index in [0.29, 0.717) is 0 Å². The summed E-state index contributed by atoms with van der Waals surface area (Å²) in [4.78, 5) is 26.4. The van der Waals surface area contributed by atoms with E-state index in [1.165, 1.54) is 0 Å². The Labute approximate surface area is 136 Å². The zero-order chi connectivity index (χ0) is 15.4. The van der Waals surface area contributed by atoms with Gasteiger partial charge in [0.25, 0.3) is 11.9 Å². The molecule has 0 atom stereocenters. The van der Waals surface area contributed by atoms with Gasteiger partial charge in [-0.2, -0.15) is 0 Å². The van der Waals surface area contributed by atoms with Crippen molar-refractivity contribution in [3.63, 3.8) is 0 Å². The number of carboxylic acid groups (broad SMARTS) is 2. The van der Waals surface area contributed by atoms with Crippen LogP contribution in [0.5, 0.6) is 0 Å². The fraction of sp³-hybridized carbons (Fsp3) is 0.143.